The topological polar surface area (TPSA) is 103 Å². The van der Waals surface area contributed by atoms with Crippen molar-refractivity contribution in [1.29, 1.82) is 10.5 Å². The summed E-state index contributed by atoms with van der Waals surface area (Å²) in [5.41, 5.74) is 3.94. The van der Waals surface area contributed by atoms with Gasteiger partial charge in [-0.15, -0.1) is 0 Å². The van der Waals surface area contributed by atoms with Gasteiger partial charge in [-0.05, 0) is 53.6 Å². The molecule has 7 heteroatoms. The van der Waals surface area contributed by atoms with Crippen LogP contribution in [-0.4, -0.2) is 32.4 Å². The first-order valence-corrected chi connectivity index (χ1v) is 10.3. The average molecular weight is 435 g/mol. The van der Waals surface area contributed by atoms with E-state index in [1.54, 1.807) is 32.4 Å². The molecule has 2 atom stereocenters. The smallest absolute Gasteiger partial charge is 0.222 e. The summed E-state index contributed by atoms with van der Waals surface area (Å²) >= 11 is 0. The van der Waals surface area contributed by atoms with Gasteiger partial charge in [0.15, 0.2) is 0 Å². The maximum Gasteiger partial charge on any atom is 0.222 e. The summed E-state index contributed by atoms with van der Waals surface area (Å²) < 4.78 is 11.4. The summed E-state index contributed by atoms with van der Waals surface area (Å²) in [7, 11) is 3.21. The number of rotatable bonds is 5. The van der Waals surface area contributed by atoms with Crippen LogP contribution < -0.4 is 14.8 Å². The Kier molecular flexibility index (Phi) is 6.33. The molecule has 2 aromatic carbocycles. The molecule has 0 aromatic heterocycles. The van der Waals surface area contributed by atoms with Crippen LogP contribution >= 0.6 is 0 Å². The Bertz CT molecular complexity index is 1260. The highest BCUT2D eigenvalue weighted by molar-refractivity contribution is 6.02. The second kappa shape index (κ2) is 9.67. The largest absolute Gasteiger partial charge is 0.496 e. The van der Waals surface area contributed by atoms with Gasteiger partial charge in [0.25, 0.3) is 0 Å². The van der Waals surface area contributed by atoms with Crippen LogP contribution in [0.1, 0.15) is 16.7 Å². The normalized spacial score (nSPS) is 18.5. The Morgan fingerprint density at radius 3 is 2.42 bits per heavy atom. The number of methoxy groups -OCH3 is 2. The Labute approximate surface area is 192 Å². The first-order valence-electron chi connectivity index (χ1n) is 10.3. The standard InChI is InChI=1S/C26H21N5O2/c1-32-22-13-18(5-4-12-27)14-23(33-2)24(22)21-7-3-6-19-16-29-26(31-25(19)21)30-20-10-8-17(15-28)9-11-20/h3-11,13-14,16,19,25H,1-2H3,(H,30,31)/b5-4+. The molecule has 2 unspecified atom stereocenters. The second-order valence-electron chi connectivity index (χ2n) is 7.34. The van der Waals surface area contributed by atoms with Gasteiger partial charge in [0, 0.05) is 23.9 Å². The van der Waals surface area contributed by atoms with Crippen molar-refractivity contribution in [3.05, 3.63) is 77.4 Å². The molecular weight excluding hydrogens is 414 g/mol. The number of fused-ring (bicyclic) bond motifs is 1. The monoisotopic (exact) mass is 435 g/mol. The molecule has 0 radical (unpaired) electrons. The van der Waals surface area contributed by atoms with Crippen molar-refractivity contribution in [2.75, 3.05) is 19.5 Å². The number of allylic oxidation sites excluding steroid dienone is 3. The van der Waals surface area contributed by atoms with E-state index in [2.05, 4.69) is 22.5 Å². The summed E-state index contributed by atoms with van der Waals surface area (Å²) in [5, 5.41) is 21.1. The van der Waals surface area contributed by atoms with Gasteiger partial charge in [-0.1, -0.05) is 18.2 Å². The molecule has 0 amide bonds. The summed E-state index contributed by atoms with van der Waals surface area (Å²) in [5.74, 6) is 1.73. The predicted octanol–water partition coefficient (Wildman–Crippen LogP) is 4.60. The van der Waals surface area contributed by atoms with Gasteiger partial charge in [-0.25, -0.2) is 9.98 Å². The molecule has 2 aliphatic rings. The number of nitrogens with zero attached hydrogens (tertiary/aromatic N) is 4. The second-order valence-corrected chi connectivity index (χ2v) is 7.34. The van der Waals surface area contributed by atoms with E-state index in [0.29, 0.717) is 23.0 Å². The van der Waals surface area contributed by atoms with Gasteiger partial charge < -0.3 is 14.8 Å². The lowest BCUT2D eigenvalue weighted by Crippen LogP contribution is -2.29. The number of aliphatic imine (C=N–C) groups is 2. The van der Waals surface area contributed by atoms with Gasteiger partial charge in [0.2, 0.25) is 5.96 Å². The number of anilines is 1. The minimum Gasteiger partial charge on any atom is -0.496 e. The lowest BCUT2D eigenvalue weighted by atomic mass is 9.84. The van der Waals surface area contributed by atoms with E-state index < -0.39 is 0 Å². The van der Waals surface area contributed by atoms with Crippen molar-refractivity contribution in [1.82, 2.24) is 0 Å². The Hall–Kier alpha value is -4.62. The predicted molar refractivity (Wildman–Crippen MR) is 129 cm³/mol. The highest BCUT2D eigenvalue weighted by Gasteiger charge is 2.31. The van der Waals surface area contributed by atoms with Crippen LogP contribution in [0.5, 0.6) is 11.5 Å². The Morgan fingerprint density at radius 1 is 1.06 bits per heavy atom. The fourth-order valence-corrected chi connectivity index (χ4v) is 3.81. The van der Waals surface area contributed by atoms with Crippen LogP contribution in [-0.2, 0) is 0 Å². The average Bonchev–Trinajstić information content (AvgIpc) is 2.87. The minimum absolute atomic E-state index is 0.0101. The highest BCUT2D eigenvalue weighted by atomic mass is 16.5. The zero-order chi connectivity index (χ0) is 23.2. The number of nitrogens with one attached hydrogen (secondary N) is 1. The molecule has 7 nitrogen and oxygen atoms in total. The van der Waals surface area contributed by atoms with Crippen molar-refractivity contribution in [3.63, 3.8) is 0 Å². The molecule has 1 N–H and O–H groups in total. The van der Waals surface area contributed by atoms with Gasteiger partial charge in [0.1, 0.15) is 11.5 Å². The van der Waals surface area contributed by atoms with E-state index in [0.717, 1.165) is 22.4 Å². The minimum atomic E-state index is -0.225. The first-order chi connectivity index (χ1) is 16.2. The summed E-state index contributed by atoms with van der Waals surface area (Å²) in [6.45, 7) is 0. The number of ether oxygens (including phenoxy) is 2. The van der Waals surface area contributed by atoms with Crippen molar-refractivity contribution >= 4 is 29.5 Å². The van der Waals surface area contributed by atoms with Gasteiger partial charge >= 0.3 is 0 Å². The molecule has 0 saturated carbocycles. The lowest BCUT2D eigenvalue weighted by Gasteiger charge is -2.29. The third-order valence-electron chi connectivity index (χ3n) is 5.36. The van der Waals surface area contributed by atoms with Gasteiger partial charge in [-0.3, -0.25) is 0 Å². The SMILES string of the molecule is COc1cc(/C=C/C#N)cc(OC)c1C1=CC=CC2C=NC(Nc3ccc(C#N)cc3)=NC12. The molecule has 1 heterocycles. The van der Waals surface area contributed by atoms with Crippen LogP contribution in [0.25, 0.3) is 11.6 Å². The molecule has 0 saturated heterocycles. The van der Waals surface area contributed by atoms with Crippen LogP contribution in [0, 0.1) is 28.6 Å². The molecule has 2 aromatic rings. The van der Waals surface area contributed by atoms with E-state index in [1.807, 2.05) is 48.7 Å². The van der Waals surface area contributed by atoms with Gasteiger partial charge in [-0.2, -0.15) is 10.5 Å². The molecule has 1 aliphatic heterocycles. The highest BCUT2D eigenvalue weighted by Crippen LogP contribution is 2.42. The number of benzene rings is 2. The molecule has 0 fully saturated rings. The van der Waals surface area contributed by atoms with E-state index in [4.69, 9.17) is 25.0 Å². The van der Waals surface area contributed by atoms with E-state index in [9.17, 15) is 0 Å². The maximum absolute atomic E-state index is 8.99. The fraction of sp³-hybridized carbons (Fsp3) is 0.154. The lowest BCUT2D eigenvalue weighted by molar-refractivity contribution is 0.391. The quantitative estimate of drug-likeness (QED) is 0.691. The van der Waals surface area contributed by atoms with Crippen molar-refractivity contribution < 1.29 is 9.47 Å². The molecule has 33 heavy (non-hydrogen) atoms. The number of guanidine groups is 1. The summed E-state index contributed by atoms with van der Waals surface area (Å²) in [6, 6.07) is 14.7. The number of hydrogen-bond acceptors (Lipinski definition) is 7. The third kappa shape index (κ3) is 4.53. The summed E-state index contributed by atoms with van der Waals surface area (Å²) in [6.07, 6.45) is 11.0. The fourth-order valence-electron chi connectivity index (χ4n) is 3.81. The van der Waals surface area contributed by atoms with Crippen molar-refractivity contribution in [2.45, 2.75) is 6.04 Å². The first kappa shape index (κ1) is 21.6. The molecule has 0 bridgehead atoms. The number of hydrogen-bond donors (Lipinski definition) is 1. The Morgan fingerprint density at radius 2 is 1.79 bits per heavy atom. The molecule has 162 valence electrons. The summed E-state index contributed by atoms with van der Waals surface area (Å²) in [4.78, 5) is 9.36. The Balaban J connectivity index is 1.71. The van der Waals surface area contributed by atoms with Crippen molar-refractivity contribution in [3.8, 4) is 23.6 Å². The van der Waals surface area contributed by atoms with Crippen LogP contribution in [0.4, 0.5) is 5.69 Å². The zero-order valence-electron chi connectivity index (χ0n) is 18.2. The van der Waals surface area contributed by atoms with Gasteiger partial charge in [0.05, 0.1) is 43.5 Å². The van der Waals surface area contributed by atoms with Crippen LogP contribution in [0.3, 0.4) is 0 Å². The third-order valence-corrected chi connectivity index (χ3v) is 5.36. The van der Waals surface area contributed by atoms with E-state index in [1.165, 1.54) is 6.08 Å². The molecule has 4 rings (SSSR count). The van der Waals surface area contributed by atoms with Crippen molar-refractivity contribution in [2.24, 2.45) is 15.9 Å². The number of nitriles is 2. The van der Waals surface area contributed by atoms with E-state index >= 15 is 0 Å². The molecule has 0 spiro atoms. The zero-order valence-corrected chi connectivity index (χ0v) is 18.2. The van der Waals surface area contributed by atoms with Crippen LogP contribution in [0.2, 0.25) is 0 Å². The molecule has 1 aliphatic carbocycles. The molecular formula is C26H21N5O2. The van der Waals surface area contributed by atoms with E-state index in [-0.39, 0.29) is 12.0 Å². The maximum atomic E-state index is 8.99. The van der Waals surface area contributed by atoms with Crippen LogP contribution in [0.15, 0.2) is 70.7 Å².